The van der Waals surface area contributed by atoms with Gasteiger partial charge in [0.25, 0.3) is 10.0 Å². The Morgan fingerprint density at radius 3 is 2.62 bits per heavy atom. The topological polar surface area (TPSA) is 72.2 Å². The van der Waals surface area contributed by atoms with Gasteiger partial charge in [0.2, 0.25) is 0 Å². The SMILES string of the molecule is Cc1c(Cl)cccc1NS(=O)(=O)c1ccc(CN)cc1F. The third-order valence-corrected chi connectivity index (χ3v) is 4.84. The van der Waals surface area contributed by atoms with Gasteiger partial charge < -0.3 is 5.73 Å². The third kappa shape index (κ3) is 3.34. The highest BCUT2D eigenvalue weighted by atomic mass is 35.5. The minimum atomic E-state index is -4.03. The second-order valence-electron chi connectivity index (χ2n) is 4.49. The van der Waals surface area contributed by atoms with Crippen LogP contribution in [0.25, 0.3) is 0 Å². The van der Waals surface area contributed by atoms with Gasteiger partial charge in [0.1, 0.15) is 10.7 Å². The van der Waals surface area contributed by atoms with Gasteiger partial charge in [-0.1, -0.05) is 23.7 Å². The summed E-state index contributed by atoms with van der Waals surface area (Å²) in [6.45, 7) is 1.81. The highest BCUT2D eigenvalue weighted by Gasteiger charge is 2.20. The van der Waals surface area contributed by atoms with Crippen molar-refractivity contribution in [1.29, 1.82) is 0 Å². The third-order valence-electron chi connectivity index (χ3n) is 3.03. The number of halogens is 2. The molecule has 0 fully saturated rings. The summed E-state index contributed by atoms with van der Waals surface area (Å²) >= 11 is 5.94. The lowest BCUT2D eigenvalue weighted by Gasteiger charge is -2.12. The number of rotatable bonds is 4. The standard InChI is InChI=1S/C14H14ClFN2O2S/c1-9-11(15)3-2-4-13(9)18-21(19,20)14-6-5-10(8-17)7-12(14)16/h2-7,18H,8,17H2,1H3. The van der Waals surface area contributed by atoms with Gasteiger partial charge in [0.15, 0.2) is 0 Å². The second-order valence-corrected chi connectivity index (χ2v) is 6.54. The zero-order valence-electron chi connectivity index (χ0n) is 11.2. The molecular weight excluding hydrogens is 315 g/mol. The van der Waals surface area contributed by atoms with Crippen molar-refractivity contribution in [2.24, 2.45) is 5.73 Å². The first-order valence-corrected chi connectivity index (χ1v) is 7.97. The van der Waals surface area contributed by atoms with Crippen LogP contribution < -0.4 is 10.5 Å². The van der Waals surface area contributed by atoms with Crippen LogP contribution in [0.1, 0.15) is 11.1 Å². The van der Waals surface area contributed by atoms with Crippen molar-refractivity contribution >= 4 is 27.3 Å². The minimum Gasteiger partial charge on any atom is -0.326 e. The largest absolute Gasteiger partial charge is 0.326 e. The molecule has 0 unspecified atom stereocenters. The fourth-order valence-corrected chi connectivity index (χ4v) is 3.17. The minimum absolute atomic E-state index is 0.137. The number of hydrogen-bond donors (Lipinski definition) is 2. The molecular formula is C14H14ClFN2O2S. The average Bonchev–Trinajstić information content (AvgIpc) is 2.43. The predicted molar refractivity (Wildman–Crippen MR) is 81.3 cm³/mol. The summed E-state index contributed by atoms with van der Waals surface area (Å²) in [6.07, 6.45) is 0. The zero-order chi connectivity index (χ0) is 15.6. The molecule has 0 bridgehead atoms. The van der Waals surface area contributed by atoms with Crippen molar-refractivity contribution in [2.45, 2.75) is 18.4 Å². The molecule has 3 N–H and O–H groups in total. The van der Waals surface area contributed by atoms with Crippen LogP contribution in [-0.2, 0) is 16.6 Å². The quantitative estimate of drug-likeness (QED) is 0.906. The molecule has 0 spiro atoms. The number of hydrogen-bond acceptors (Lipinski definition) is 3. The monoisotopic (exact) mass is 328 g/mol. The summed E-state index contributed by atoms with van der Waals surface area (Å²) in [5, 5.41) is 0.425. The smallest absolute Gasteiger partial charge is 0.264 e. The molecule has 0 atom stereocenters. The summed E-state index contributed by atoms with van der Waals surface area (Å²) in [5.41, 5.74) is 6.79. The summed E-state index contributed by atoms with van der Waals surface area (Å²) in [6, 6.07) is 8.60. The van der Waals surface area contributed by atoms with Crippen molar-refractivity contribution in [3.63, 3.8) is 0 Å². The second kappa shape index (κ2) is 6.01. The maximum atomic E-state index is 13.9. The molecule has 4 nitrogen and oxygen atoms in total. The molecule has 0 heterocycles. The first-order chi connectivity index (χ1) is 9.85. The summed E-state index contributed by atoms with van der Waals surface area (Å²) < 4.78 is 40.8. The molecule has 112 valence electrons. The lowest BCUT2D eigenvalue weighted by Crippen LogP contribution is -2.15. The molecule has 21 heavy (non-hydrogen) atoms. The van der Waals surface area contributed by atoms with Crippen LogP contribution in [-0.4, -0.2) is 8.42 Å². The Kier molecular flexibility index (Phi) is 4.51. The Morgan fingerprint density at radius 1 is 1.29 bits per heavy atom. The first-order valence-electron chi connectivity index (χ1n) is 6.11. The van der Waals surface area contributed by atoms with Gasteiger partial charge in [-0.15, -0.1) is 0 Å². The molecule has 2 aromatic rings. The Balaban J connectivity index is 2.41. The van der Waals surface area contributed by atoms with Crippen LogP contribution in [0.2, 0.25) is 5.02 Å². The fourth-order valence-electron chi connectivity index (χ4n) is 1.81. The molecule has 0 aromatic heterocycles. The molecule has 0 aliphatic heterocycles. The van der Waals surface area contributed by atoms with E-state index in [4.69, 9.17) is 17.3 Å². The highest BCUT2D eigenvalue weighted by molar-refractivity contribution is 7.92. The van der Waals surface area contributed by atoms with Gasteiger partial charge in [-0.25, -0.2) is 12.8 Å². The Bertz CT molecular complexity index is 779. The van der Waals surface area contributed by atoms with Crippen LogP contribution >= 0.6 is 11.6 Å². The molecule has 2 rings (SSSR count). The zero-order valence-corrected chi connectivity index (χ0v) is 12.8. The van der Waals surface area contributed by atoms with Gasteiger partial charge >= 0.3 is 0 Å². The van der Waals surface area contributed by atoms with Crippen LogP contribution in [0.4, 0.5) is 10.1 Å². The van der Waals surface area contributed by atoms with E-state index in [1.165, 1.54) is 12.1 Å². The van der Waals surface area contributed by atoms with Crippen molar-refractivity contribution in [2.75, 3.05) is 4.72 Å². The molecule has 0 radical (unpaired) electrons. The van der Waals surface area contributed by atoms with Gasteiger partial charge in [0.05, 0.1) is 5.69 Å². The number of nitrogens with two attached hydrogens (primary N) is 1. The lowest BCUT2D eigenvalue weighted by atomic mass is 10.2. The van der Waals surface area contributed by atoms with E-state index >= 15 is 0 Å². The van der Waals surface area contributed by atoms with Crippen molar-refractivity contribution in [3.05, 3.63) is 58.4 Å². The van der Waals surface area contributed by atoms with Crippen LogP contribution in [0.15, 0.2) is 41.3 Å². The van der Waals surface area contributed by atoms with E-state index in [0.717, 1.165) is 6.07 Å². The fraction of sp³-hybridized carbons (Fsp3) is 0.143. The van der Waals surface area contributed by atoms with Gasteiger partial charge in [-0.05, 0) is 42.3 Å². The predicted octanol–water partition coefficient (Wildman–Crippen LogP) is 3.05. The van der Waals surface area contributed by atoms with Crippen molar-refractivity contribution in [1.82, 2.24) is 0 Å². The Morgan fingerprint density at radius 2 is 2.00 bits per heavy atom. The van der Waals surface area contributed by atoms with E-state index in [2.05, 4.69) is 4.72 Å². The molecule has 0 aliphatic carbocycles. The molecule has 2 aromatic carbocycles. The number of anilines is 1. The molecule has 0 saturated carbocycles. The van der Waals surface area contributed by atoms with Gasteiger partial charge in [-0.3, -0.25) is 4.72 Å². The van der Waals surface area contributed by atoms with Gasteiger partial charge in [0, 0.05) is 11.6 Å². The lowest BCUT2D eigenvalue weighted by molar-refractivity contribution is 0.569. The first kappa shape index (κ1) is 15.8. The van der Waals surface area contributed by atoms with Gasteiger partial charge in [-0.2, -0.15) is 0 Å². The van der Waals surface area contributed by atoms with Crippen molar-refractivity contribution in [3.8, 4) is 0 Å². The molecule has 7 heteroatoms. The number of sulfonamides is 1. The van der Waals surface area contributed by atoms with E-state index in [1.54, 1.807) is 25.1 Å². The Labute approximate surface area is 127 Å². The van der Waals surface area contributed by atoms with Crippen LogP contribution in [0, 0.1) is 12.7 Å². The average molecular weight is 329 g/mol. The van der Waals surface area contributed by atoms with E-state index in [1.807, 2.05) is 0 Å². The number of benzene rings is 2. The summed E-state index contributed by atoms with van der Waals surface area (Å²) in [7, 11) is -4.03. The highest BCUT2D eigenvalue weighted by Crippen LogP contribution is 2.26. The van der Waals surface area contributed by atoms with E-state index in [0.29, 0.717) is 21.8 Å². The van der Waals surface area contributed by atoms with E-state index in [-0.39, 0.29) is 6.54 Å². The summed E-state index contributed by atoms with van der Waals surface area (Å²) in [5.74, 6) is -0.842. The van der Waals surface area contributed by atoms with E-state index in [9.17, 15) is 12.8 Å². The normalized spacial score (nSPS) is 11.4. The maximum absolute atomic E-state index is 13.9. The molecule has 0 amide bonds. The molecule has 0 aliphatic rings. The molecule has 0 saturated heterocycles. The number of nitrogens with one attached hydrogen (secondary N) is 1. The maximum Gasteiger partial charge on any atom is 0.264 e. The van der Waals surface area contributed by atoms with Crippen LogP contribution in [0.3, 0.4) is 0 Å². The van der Waals surface area contributed by atoms with Crippen molar-refractivity contribution < 1.29 is 12.8 Å². The van der Waals surface area contributed by atoms with E-state index < -0.39 is 20.7 Å². The van der Waals surface area contributed by atoms with Crippen LogP contribution in [0.5, 0.6) is 0 Å². The summed E-state index contributed by atoms with van der Waals surface area (Å²) in [4.78, 5) is -0.431. The Hall–Kier alpha value is -1.63.